The lowest BCUT2D eigenvalue weighted by atomic mass is 9.94. The smallest absolute Gasteiger partial charge is 0.303 e. The van der Waals surface area contributed by atoms with Crippen molar-refractivity contribution in [2.75, 3.05) is 0 Å². The van der Waals surface area contributed by atoms with Crippen molar-refractivity contribution in [2.24, 2.45) is 11.8 Å². The van der Waals surface area contributed by atoms with Crippen LogP contribution in [0, 0.1) is 11.8 Å². The second kappa shape index (κ2) is 8.18. The molecule has 21 heavy (non-hydrogen) atoms. The van der Waals surface area contributed by atoms with Gasteiger partial charge in [-0.3, -0.25) is 4.79 Å². The second-order valence-electron chi connectivity index (χ2n) is 5.92. The average molecular weight is 290 g/mol. The van der Waals surface area contributed by atoms with Gasteiger partial charge in [0.15, 0.2) is 0 Å². The van der Waals surface area contributed by atoms with Crippen LogP contribution >= 0.6 is 0 Å². The van der Waals surface area contributed by atoms with Crippen molar-refractivity contribution in [3.05, 3.63) is 36.5 Å². The van der Waals surface area contributed by atoms with Crippen LogP contribution in [0.4, 0.5) is 0 Å². The van der Waals surface area contributed by atoms with Crippen molar-refractivity contribution in [3.63, 3.8) is 0 Å². The van der Waals surface area contributed by atoms with E-state index in [2.05, 4.69) is 43.4 Å². The first kappa shape index (κ1) is 16.0. The van der Waals surface area contributed by atoms with Gasteiger partial charge in [0.1, 0.15) is 0 Å². The Morgan fingerprint density at radius 1 is 1.24 bits per heavy atom. The molecule has 1 aliphatic heterocycles. The first-order chi connectivity index (χ1) is 10.2. The van der Waals surface area contributed by atoms with Crippen LogP contribution in [0.2, 0.25) is 0 Å². The predicted octanol–water partition coefficient (Wildman–Crippen LogP) is 4.11. The van der Waals surface area contributed by atoms with Crippen LogP contribution in [0.1, 0.15) is 45.4 Å². The molecule has 2 aliphatic rings. The van der Waals surface area contributed by atoms with Gasteiger partial charge in [0, 0.05) is 12.3 Å². The lowest BCUT2D eigenvalue weighted by Crippen LogP contribution is -2.10. The summed E-state index contributed by atoms with van der Waals surface area (Å²) in [6.45, 7) is 2.08. The molecule has 2 fully saturated rings. The summed E-state index contributed by atoms with van der Waals surface area (Å²) in [4.78, 5) is 10.4. The van der Waals surface area contributed by atoms with Gasteiger partial charge in [-0.05, 0) is 44.9 Å². The number of fused-ring (bicyclic) bond motifs is 1. The number of aliphatic carboxylic acids is 1. The van der Waals surface area contributed by atoms with Crippen LogP contribution in [0.25, 0.3) is 0 Å². The Morgan fingerprint density at radius 2 is 2.10 bits per heavy atom. The standard InChI is InChI=1S/C18H26O3/c1-2-10-14-13-16-18(21-16)15(14)11-8-6-4-3-5-7-9-12-17(19)20/h2-4,8,10-11,14-16,18H,5-7,9,12-13H2,1H3,(H,19,20)/b4-3-,10-2+,11-8-/t14-,15+,16+,18-/m1/s1. The third-order valence-electron chi connectivity index (χ3n) is 4.25. The summed E-state index contributed by atoms with van der Waals surface area (Å²) in [6.07, 6.45) is 19.4. The number of ether oxygens (including phenoxy) is 1. The summed E-state index contributed by atoms with van der Waals surface area (Å²) in [5.74, 6) is 0.500. The van der Waals surface area contributed by atoms with Gasteiger partial charge in [-0.1, -0.05) is 36.5 Å². The number of hydrogen-bond acceptors (Lipinski definition) is 2. The molecular weight excluding hydrogens is 264 g/mol. The molecule has 0 aromatic carbocycles. The highest BCUT2D eigenvalue weighted by Gasteiger charge is 2.53. The van der Waals surface area contributed by atoms with Crippen LogP contribution in [0.15, 0.2) is 36.5 Å². The topological polar surface area (TPSA) is 49.8 Å². The zero-order valence-electron chi connectivity index (χ0n) is 12.8. The number of allylic oxidation sites excluding steroid dienone is 5. The maximum atomic E-state index is 10.4. The molecule has 3 heteroatoms. The van der Waals surface area contributed by atoms with E-state index in [1.54, 1.807) is 0 Å². The van der Waals surface area contributed by atoms with Gasteiger partial charge in [0.2, 0.25) is 0 Å². The molecule has 2 rings (SSSR count). The normalized spacial score (nSPS) is 31.5. The van der Waals surface area contributed by atoms with Crippen LogP contribution in [-0.4, -0.2) is 23.3 Å². The molecule has 1 aliphatic carbocycles. The third kappa shape index (κ3) is 5.16. The van der Waals surface area contributed by atoms with E-state index < -0.39 is 5.97 Å². The largest absolute Gasteiger partial charge is 0.481 e. The van der Waals surface area contributed by atoms with Crippen molar-refractivity contribution in [3.8, 4) is 0 Å². The Morgan fingerprint density at radius 3 is 2.86 bits per heavy atom. The minimum atomic E-state index is -0.699. The summed E-state index contributed by atoms with van der Waals surface area (Å²) < 4.78 is 5.63. The number of epoxide rings is 1. The zero-order valence-corrected chi connectivity index (χ0v) is 12.8. The second-order valence-corrected chi connectivity index (χ2v) is 5.92. The molecule has 0 amide bonds. The van der Waals surface area contributed by atoms with Crippen molar-refractivity contribution in [1.82, 2.24) is 0 Å². The van der Waals surface area contributed by atoms with Gasteiger partial charge in [-0.2, -0.15) is 0 Å². The minimum absolute atomic E-state index is 0.282. The Labute approximate surface area is 127 Å². The Hall–Kier alpha value is -1.35. The molecule has 0 aromatic heterocycles. The van der Waals surface area contributed by atoms with Crippen molar-refractivity contribution in [2.45, 2.75) is 57.7 Å². The van der Waals surface area contributed by atoms with Gasteiger partial charge in [0.05, 0.1) is 12.2 Å². The first-order valence-electron chi connectivity index (χ1n) is 8.04. The molecule has 0 unspecified atom stereocenters. The quantitative estimate of drug-likeness (QED) is 0.395. The van der Waals surface area contributed by atoms with Crippen molar-refractivity contribution < 1.29 is 14.6 Å². The monoisotopic (exact) mass is 290 g/mol. The molecular formula is C18H26O3. The molecule has 1 saturated carbocycles. The van der Waals surface area contributed by atoms with Crippen LogP contribution < -0.4 is 0 Å². The fourth-order valence-corrected chi connectivity index (χ4v) is 3.13. The third-order valence-corrected chi connectivity index (χ3v) is 4.25. The summed E-state index contributed by atoms with van der Waals surface area (Å²) in [7, 11) is 0. The fraction of sp³-hybridized carbons (Fsp3) is 0.611. The number of carboxylic acids is 1. The molecule has 1 heterocycles. The van der Waals surface area contributed by atoms with Gasteiger partial charge < -0.3 is 9.84 Å². The maximum Gasteiger partial charge on any atom is 0.303 e. The highest BCUT2D eigenvalue weighted by Crippen LogP contribution is 2.48. The average Bonchev–Trinajstić information content (AvgIpc) is 3.12. The fourth-order valence-electron chi connectivity index (χ4n) is 3.13. The molecule has 1 N–H and O–H groups in total. The zero-order chi connectivity index (χ0) is 15.1. The summed E-state index contributed by atoms with van der Waals surface area (Å²) in [6, 6.07) is 0. The van der Waals surface area contributed by atoms with Crippen LogP contribution in [0.3, 0.4) is 0 Å². The molecule has 0 radical (unpaired) electrons. The lowest BCUT2D eigenvalue weighted by Gasteiger charge is -2.14. The summed E-state index contributed by atoms with van der Waals surface area (Å²) in [5.41, 5.74) is 0. The van der Waals surface area contributed by atoms with E-state index in [4.69, 9.17) is 9.84 Å². The van der Waals surface area contributed by atoms with E-state index in [0.717, 1.165) is 25.7 Å². The molecule has 0 bridgehead atoms. The summed E-state index contributed by atoms with van der Waals surface area (Å²) in [5, 5.41) is 8.53. The molecule has 4 atom stereocenters. The van der Waals surface area contributed by atoms with Crippen LogP contribution in [-0.2, 0) is 9.53 Å². The highest BCUT2D eigenvalue weighted by molar-refractivity contribution is 5.66. The van der Waals surface area contributed by atoms with Crippen LogP contribution in [0.5, 0.6) is 0 Å². The van der Waals surface area contributed by atoms with Gasteiger partial charge in [0.25, 0.3) is 0 Å². The number of hydrogen-bond donors (Lipinski definition) is 1. The SMILES string of the molecule is C/C=C/[C@@H]1C[C@@H]2O[C@@H]2[C@H]1/C=C\C/C=C\CCCCC(=O)O. The van der Waals surface area contributed by atoms with E-state index in [9.17, 15) is 4.79 Å². The highest BCUT2D eigenvalue weighted by atomic mass is 16.6. The Kier molecular flexibility index (Phi) is 6.24. The van der Waals surface area contributed by atoms with Gasteiger partial charge in [-0.25, -0.2) is 0 Å². The molecule has 0 aromatic rings. The van der Waals surface area contributed by atoms with Gasteiger partial charge >= 0.3 is 5.97 Å². The van der Waals surface area contributed by atoms with E-state index in [1.165, 1.54) is 6.42 Å². The van der Waals surface area contributed by atoms with E-state index >= 15 is 0 Å². The van der Waals surface area contributed by atoms with Crippen molar-refractivity contribution >= 4 is 5.97 Å². The molecule has 1 saturated heterocycles. The van der Waals surface area contributed by atoms with E-state index in [0.29, 0.717) is 24.0 Å². The summed E-state index contributed by atoms with van der Waals surface area (Å²) >= 11 is 0. The first-order valence-corrected chi connectivity index (χ1v) is 8.04. The number of carboxylic acid groups (broad SMARTS) is 1. The van der Waals surface area contributed by atoms with Crippen molar-refractivity contribution in [1.29, 1.82) is 0 Å². The van der Waals surface area contributed by atoms with E-state index in [-0.39, 0.29) is 6.42 Å². The molecule has 0 spiro atoms. The lowest BCUT2D eigenvalue weighted by molar-refractivity contribution is -0.137. The number of carbonyl (C=O) groups is 1. The molecule has 116 valence electrons. The minimum Gasteiger partial charge on any atom is -0.481 e. The predicted molar refractivity (Wildman–Crippen MR) is 84.1 cm³/mol. The van der Waals surface area contributed by atoms with E-state index in [1.807, 2.05) is 0 Å². The Balaban J connectivity index is 1.60. The maximum absolute atomic E-state index is 10.4. The Bertz CT molecular complexity index is 422. The number of rotatable bonds is 9. The molecule has 3 nitrogen and oxygen atoms in total. The van der Waals surface area contributed by atoms with Gasteiger partial charge in [-0.15, -0.1) is 0 Å². The number of unbranched alkanes of at least 4 members (excludes halogenated alkanes) is 2.